The van der Waals surface area contributed by atoms with Crippen LogP contribution >= 0.6 is 0 Å². The molecule has 0 radical (unpaired) electrons. The van der Waals surface area contributed by atoms with Crippen molar-refractivity contribution >= 4 is 76.6 Å². The summed E-state index contributed by atoms with van der Waals surface area (Å²) in [5.41, 5.74) is 17.3. The molecule has 0 spiro atoms. The number of rotatable bonds is 6. The van der Waals surface area contributed by atoms with Crippen molar-refractivity contribution in [3.8, 4) is 61.7 Å². The third-order valence-corrected chi connectivity index (χ3v) is 13.4. The highest BCUT2D eigenvalue weighted by Crippen LogP contribution is 2.43. The molecule has 0 N–H and O–H groups in total. The molecule has 4 aromatic heterocycles. The van der Waals surface area contributed by atoms with Crippen LogP contribution in [0.4, 0.5) is 0 Å². The predicted octanol–water partition coefficient (Wildman–Crippen LogP) is 16.9. The summed E-state index contributed by atoms with van der Waals surface area (Å²) in [6, 6.07) is 79.3. The lowest BCUT2D eigenvalue weighted by Gasteiger charge is -2.14. The summed E-state index contributed by atoms with van der Waals surface area (Å²) in [5, 5.41) is 7.68. The second kappa shape index (κ2) is 14.7. The molecule has 312 valence electrons. The molecule has 0 aliphatic carbocycles. The summed E-state index contributed by atoms with van der Waals surface area (Å²) >= 11 is 0. The molecule has 5 heteroatoms. The van der Waals surface area contributed by atoms with E-state index in [-0.39, 0.29) is 0 Å². The Kier molecular flexibility index (Phi) is 8.21. The van der Waals surface area contributed by atoms with Gasteiger partial charge < -0.3 is 8.83 Å². The number of para-hydroxylation sites is 5. The molecule has 0 saturated carbocycles. The van der Waals surface area contributed by atoms with Gasteiger partial charge >= 0.3 is 0 Å². The van der Waals surface area contributed by atoms with Gasteiger partial charge in [-0.2, -0.15) is 0 Å². The summed E-state index contributed by atoms with van der Waals surface area (Å²) in [4.78, 5) is 10.8. The first kappa shape index (κ1) is 37.3. The van der Waals surface area contributed by atoms with Gasteiger partial charge in [0.1, 0.15) is 22.3 Å². The quantitative estimate of drug-likeness (QED) is 0.167. The van der Waals surface area contributed by atoms with Gasteiger partial charge in [0.15, 0.2) is 0 Å². The molecule has 67 heavy (non-hydrogen) atoms. The molecule has 0 aliphatic heterocycles. The Hall–Kier alpha value is -9.06. The van der Waals surface area contributed by atoms with E-state index in [9.17, 15) is 0 Å². The molecular weight excluding hydrogens is 819 g/mol. The fourth-order valence-electron chi connectivity index (χ4n) is 10.3. The van der Waals surface area contributed by atoms with Crippen LogP contribution in [-0.2, 0) is 0 Å². The molecule has 0 amide bonds. The van der Waals surface area contributed by atoms with E-state index in [4.69, 9.17) is 18.8 Å². The van der Waals surface area contributed by atoms with E-state index >= 15 is 0 Å². The van der Waals surface area contributed by atoms with Gasteiger partial charge in [0.2, 0.25) is 5.95 Å². The zero-order chi connectivity index (χ0) is 44.0. The van der Waals surface area contributed by atoms with Crippen LogP contribution in [-0.4, -0.2) is 14.5 Å². The van der Waals surface area contributed by atoms with Crippen LogP contribution in [0.25, 0.3) is 138 Å². The highest BCUT2D eigenvalue weighted by atomic mass is 16.3. The van der Waals surface area contributed by atoms with Gasteiger partial charge in [-0.25, -0.2) is 9.97 Å². The van der Waals surface area contributed by atoms with Crippen LogP contribution in [0.1, 0.15) is 0 Å². The smallest absolute Gasteiger partial charge is 0.235 e. The summed E-state index contributed by atoms with van der Waals surface area (Å²) in [5.74, 6) is 0.614. The van der Waals surface area contributed by atoms with Gasteiger partial charge in [0, 0.05) is 54.4 Å². The maximum Gasteiger partial charge on any atom is 0.235 e. The monoisotopic (exact) mass is 855 g/mol. The molecular formula is C62H37N3O2. The van der Waals surface area contributed by atoms with Crippen LogP contribution < -0.4 is 0 Å². The molecule has 0 aliphatic rings. The molecule has 0 saturated heterocycles. The third kappa shape index (κ3) is 5.95. The van der Waals surface area contributed by atoms with Crippen LogP contribution in [0.3, 0.4) is 0 Å². The molecule has 14 aromatic rings. The van der Waals surface area contributed by atoms with E-state index in [1.54, 1.807) is 0 Å². The summed E-state index contributed by atoms with van der Waals surface area (Å²) in [6.45, 7) is 0. The van der Waals surface area contributed by atoms with Crippen molar-refractivity contribution < 1.29 is 8.83 Å². The minimum Gasteiger partial charge on any atom is -0.456 e. The molecule has 14 rings (SSSR count). The molecule has 0 unspecified atom stereocenters. The topological polar surface area (TPSA) is 57.0 Å². The van der Waals surface area contributed by atoms with E-state index in [0.29, 0.717) is 5.95 Å². The molecule has 0 bridgehead atoms. The maximum atomic E-state index is 6.57. The second-order valence-corrected chi connectivity index (χ2v) is 17.3. The van der Waals surface area contributed by atoms with Crippen LogP contribution in [0, 0.1) is 0 Å². The zero-order valence-corrected chi connectivity index (χ0v) is 36.0. The highest BCUT2D eigenvalue weighted by molar-refractivity contribution is 6.16. The van der Waals surface area contributed by atoms with Crippen LogP contribution in [0.2, 0.25) is 0 Å². The molecule has 0 fully saturated rings. The number of hydrogen-bond acceptors (Lipinski definition) is 4. The first-order chi connectivity index (χ1) is 33.2. The Labute approximate surface area is 384 Å². The van der Waals surface area contributed by atoms with E-state index < -0.39 is 0 Å². The Balaban J connectivity index is 0.973. The Bertz CT molecular complexity index is 4290. The van der Waals surface area contributed by atoms with Crippen molar-refractivity contribution in [3.63, 3.8) is 0 Å². The normalized spacial score (nSPS) is 11.9. The van der Waals surface area contributed by atoms with Crippen molar-refractivity contribution in [1.82, 2.24) is 14.5 Å². The average molecular weight is 856 g/mol. The van der Waals surface area contributed by atoms with Gasteiger partial charge in [-0.1, -0.05) is 170 Å². The molecule has 10 aromatic carbocycles. The van der Waals surface area contributed by atoms with Crippen LogP contribution in [0.5, 0.6) is 0 Å². The SMILES string of the molecule is c1ccc(-c2nc(-n3c4ccc(-c5cccc6c5oc5ccccc56)cc4c4cccc(-c5cccc(-c6cccc(-c7ccc8oc9ccccc9c8c7)c6)c5)c43)nc3ccccc23)cc1. The number of aromatic nitrogens is 3. The van der Waals surface area contributed by atoms with E-state index in [2.05, 4.69) is 193 Å². The fourth-order valence-corrected chi connectivity index (χ4v) is 10.3. The van der Waals surface area contributed by atoms with Crippen LogP contribution in [0.15, 0.2) is 233 Å². The predicted molar refractivity (Wildman–Crippen MR) is 276 cm³/mol. The molecule has 5 nitrogen and oxygen atoms in total. The van der Waals surface area contributed by atoms with E-state index in [1.807, 2.05) is 36.4 Å². The lowest BCUT2D eigenvalue weighted by molar-refractivity contribution is 0.669. The number of fused-ring (bicyclic) bond motifs is 10. The van der Waals surface area contributed by atoms with E-state index in [1.165, 1.54) is 0 Å². The summed E-state index contributed by atoms with van der Waals surface area (Å²) in [7, 11) is 0. The van der Waals surface area contributed by atoms with Gasteiger partial charge in [0.25, 0.3) is 0 Å². The lowest BCUT2D eigenvalue weighted by atomic mass is 9.95. The summed E-state index contributed by atoms with van der Waals surface area (Å²) < 4.78 is 15.0. The maximum absolute atomic E-state index is 6.57. The number of hydrogen-bond donors (Lipinski definition) is 0. The first-order valence-electron chi connectivity index (χ1n) is 22.6. The standard InChI is InChI=1S/C62H37N3O2/c1-2-14-38(15-3-1)59-51-22-4-7-27-54(51)63-62(64-59)65-55-32-30-44(46-24-13-26-50-47-20-5-9-29-57(47)67-61(46)50)37-52(55)49-25-12-23-45(60(49)65)43-19-11-18-41(35-43)39-16-10-17-40(34-39)42-31-33-58-53(36-42)48-21-6-8-28-56(48)66-58/h1-37H. The second-order valence-electron chi connectivity index (χ2n) is 17.3. The van der Waals surface area contributed by atoms with E-state index in [0.717, 1.165) is 132 Å². The average Bonchev–Trinajstić information content (AvgIpc) is 4.08. The Morgan fingerprint density at radius 2 is 0.851 bits per heavy atom. The van der Waals surface area contributed by atoms with Crippen molar-refractivity contribution in [1.29, 1.82) is 0 Å². The van der Waals surface area contributed by atoms with Gasteiger partial charge in [0.05, 0.1) is 22.2 Å². The third-order valence-electron chi connectivity index (χ3n) is 13.4. The Morgan fingerprint density at radius 3 is 1.66 bits per heavy atom. The Morgan fingerprint density at radius 1 is 0.313 bits per heavy atom. The zero-order valence-electron chi connectivity index (χ0n) is 36.0. The van der Waals surface area contributed by atoms with Crippen molar-refractivity contribution in [3.05, 3.63) is 224 Å². The summed E-state index contributed by atoms with van der Waals surface area (Å²) in [6.07, 6.45) is 0. The number of furan rings is 2. The number of nitrogens with zero attached hydrogens (tertiary/aromatic N) is 3. The van der Waals surface area contributed by atoms with Crippen molar-refractivity contribution in [2.24, 2.45) is 0 Å². The van der Waals surface area contributed by atoms with Crippen molar-refractivity contribution in [2.75, 3.05) is 0 Å². The first-order valence-corrected chi connectivity index (χ1v) is 22.6. The lowest BCUT2D eigenvalue weighted by Crippen LogP contribution is -2.04. The minimum absolute atomic E-state index is 0.614. The number of benzene rings is 10. The van der Waals surface area contributed by atoms with Crippen molar-refractivity contribution in [2.45, 2.75) is 0 Å². The van der Waals surface area contributed by atoms with Gasteiger partial charge in [-0.05, 0) is 88.0 Å². The molecule has 0 atom stereocenters. The minimum atomic E-state index is 0.614. The highest BCUT2D eigenvalue weighted by Gasteiger charge is 2.22. The van der Waals surface area contributed by atoms with Gasteiger partial charge in [-0.15, -0.1) is 0 Å². The fraction of sp³-hybridized carbons (Fsp3) is 0. The largest absolute Gasteiger partial charge is 0.456 e. The molecule has 4 heterocycles. The van der Waals surface area contributed by atoms with Gasteiger partial charge in [-0.3, -0.25) is 4.57 Å².